The van der Waals surface area contributed by atoms with Gasteiger partial charge in [0.05, 0.1) is 5.38 Å². The van der Waals surface area contributed by atoms with Crippen molar-refractivity contribution in [2.24, 2.45) is 17.8 Å². The van der Waals surface area contributed by atoms with Gasteiger partial charge in [0, 0.05) is 5.88 Å². The van der Waals surface area contributed by atoms with Crippen LogP contribution in [0.3, 0.4) is 0 Å². The smallest absolute Gasteiger partial charge is 0.0505 e. The number of allylic oxidation sites excluding steroid dienone is 2. The first-order chi connectivity index (χ1) is 5.31. The van der Waals surface area contributed by atoms with Gasteiger partial charge in [-0.3, -0.25) is 0 Å². The Balaban J connectivity index is 2.02. The molecule has 2 aliphatic rings. The van der Waals surface area contributed by atoms with Crippen LogP contribution in [-0.4, -0.2) is 11.3 Å². The predicted octanol–water partition coefficient (Wildman–Crippen LogP) is 3.04. The van der Waals surface area contributed by atoms with Crippen molar-refractivity contribution in [3.63, 3.8) is 0 Å². The van der Waals surface area contributed by atoms with Gasteiger partial charge in [-0.1, -0.05) is 12.2 Å². The van der Waals surface area contributed by atoms with Crippen LogP contribution in [0, 0.1) is 17.8 Å². The second kappa shape index (κ2) is 2.99. The molecule has 0 nitrogen and oxygen atoms in total. The van der Waals surface area contributed by atoms with Crippen molar-refractivity contribution in [3.8, 4) is 0 Å². The number of rotatable bonds is 2. The van der Waals surface area contributed by atoms with Crippen molar-refractivity contribution in [1.29, 1.82) is 0 Å². The van der Waals surface area contributed by atoms with E-state index in [0.717, 1.165) is 11.8 Å². The number of alkyl halides is 2. The molecule has 0 heterocycles. The third-order valence-corrected chi connectivity index (χ3v) is 3.91. The molecular weight excluding hydrogens is 179 g/mol. The molecule has 11 heavy (non-hydrogen) atoms. The summed E-state index contributed by atoms with van der Waals surface area (Å²) in [6.07, 6.45) is 7.24. The average molecular weight is 191 g/mol. The highest BCUT2D eigenvalue weighted by atomic mass is 35.5. The molecule has 2 bridgehead atoms. The van der Waals surface area contributed by atoms with Crippen LogP contribution in [0.2, 0.25) is 0 Å². The second-order valence-corrected chi connectivity index (χ2v) is 4.48. The van der Waals surface area contributed by atoms with Gasteiger partial charge in [-0.05, 0) is 30.6 Å². The van der Waals surface area contributed by atoms with E-state index in [-0.39, 0.29) is 5.38 Å². The van der Waals surface area contributed by atoms with E-state index in [0.29, 0.717) is 11.8 Å². The third kappa shape index (κ3) is 1.31. The Morgan fingerprint density at radius 2 is 2.18 bits per heavy atom. The summed E-state index contributed by atoms with van der Waals surface area (Å²) in [6.45, 7) is 0. The summed E-state index contributed by atoms with van der Waals surface area (Å²) in [7, 11) is 0. The minimum absolute atomic E-state index is 0.191. The SMILES string of the molecule is ClC[C@@H](Cl)[C@@H]1C[C@@H]2C=C[C@@H]1C2. The van der Waals surface area contributed by atoms with Crippen molar-refractivity contribution < 1.29 is 0 Å². The van der Waals surface area contributed by atoms with Gasteiger partial charge in [0.25, 0.3) is 0 Å². The Morgan fingerprint density at radius 3 is 2.64 bits per heavy atom. The minimum atomic E-state index is 0.191. The zero-order valence-electron chi connectivity index (χ0n) is 6.34. The van der Waals surface area contributed by atoms with Crippen LogP contribution in [-0.2, 0) is 0 Å². The van der Waals surface area contributed by atoms with Crippen LogP contribution < -0.4 is 0 Å². The maximum Gasteiger partial charge on any atom is 0.0505 e. The Morgan fingerprint density at radius 1 is 1.36 bits per heavy atom. The molecule has 2 rings (SSSR count). The molecular formula is C9H12Cl2. The Kier molecular flexibility index (Phi) is 2.16. The monoisotopic (exact) mass is 190 g/mol. The molecule has 0 aromatic rings. The predicted molar refractivity (Wildman–Crippen MR) is 49.2 cm³/mol. The van der Waals surface area contributed by atoms with Crippen molar-refractivity contribution in [2.75, 3.05) is 5.88 Å². The molecule has 2 aliphatic carbocycles. The van der Waals surface area contributed by atoms with Gasteiger partial charge < -0.3 is 0 Å². The van der Waals surface area contributed by atoms with Crippen molar-refractivity contribution in [1.82, 2.24) is 0 Å². The Hall–Kier alpha value is 0.320. The molecule has 1 fully saturated rings. The second-order valence-electron chi connectivity index (χ2n) is 3.61. The molecule has 0 saturated heterocycles. The van der Waals surface area contributed by atoms with Crippen molar-refractivity contribution in [3.05, 3.63) is 12.2 Å². The van der Waals surface area contributed by atoms with E-state index in [2.05, 4.69) is 12.2 Å². The Labute approximate surface area is 77.6 Å². The molecule has 0 amide bonds. The third-order valence-electron chi connectivity index (χ3n) is 2.94. The summed E-state index contributed by atoms with van der Waals surface area (Å²) in [5, 5.41) is 0.191. The van der Waals surface area contributed by atoms with E-state index in [9.17, 15) is 0 Å². The number of hydrogen-bond acceptors (Lipinski definition) is 0. The number of halogens is 2. The van der Waals surface area contributed by atoms with E-state index in [4.69, 9.17) is 23.2 Å². The molecule has 62 valence electrons. The highest BCUT2D eigenvalue weighted by Gasteiger charge is 2.38. The van der Waals surface area contributed by atoms with Gasteiger partial charge in [0.2, 0.25) is 0 Å². The summed E-state index contributed by atoms with van der Waals surface area (Å²) < 4.78 is 0. The minimum Gasteiger partial charge on any atom is -0.125 e. The van der Waals surface area contributed by atoms with E-state index >= 15 is 0 Å². The maximum absolute atomic E-state index is 6.10. The lowest BCUT2D eigenvalue weighted by molar-refractivity contribution is 0.443. The summed E-state index contributed by atoms with van der Waals surface area (Å²) in [5.41, 5.74) is 0. The lowest BCUT2D eigenvalue weighted by Crippen LogP contribution is -2.20. The van der Waals surface area contributed by atoms with Gasteiger partial charge >= 0.3 is 0 Å². The fourth-order valence-electron chi connectivity index (χ4n) is 2.35. The zero-order chi connectivity index (χ0) is 7.84. The van der Waals surface area contributed by atoms with Crippen LogP contribution in [0.4, 0.5) is 0 Å². The van der Waals surface area contributed by atoms with Gasteiger partial charge in [-0.2, -0.15) is 0 Å². The first kappa shape index (κ1) is 7.94. The highest BCUT2D eigenvalue weighted by molar-refractivity contribution is 6.28. The van der Waals surface area contributed by atoms with E-state index in [1.807, 2.05) is 0 Å². The first-order valence-electron chi connectivity index (χ1n) is 4.19. The number of fused-ring (bicyclic) bond motifs is 2. The fraction of sp³-hybridized carbons (Fsp3) is 0.778. The standard InChI is InChI=1S/C9H12Cl2/c10-5-9(11)8-4-6-1-2-7(8)3-6/h1-2,6-9H,3-5H2/t6-,7-,8-,9-/m1/s1. The normalized spacial score (nSPS) is 43.3. The average Bonchev–Trinajstić information content (AvgIpc) is 2.62. The van der Waals surface area contributed by atoms with Crippen LogP contribution in [0.25, 0.3) is 0 Å². The lowest BCUT2D eigenvalue weighted by atomic mass is 9.91. The highest BCUT2D eigenvalue weighted by Crippen LogP contribution is 2.46. The first-order valence-corrected chi connectivity index (χ1v) is 5.16. The zero-order valence-corrected chi connectivity index (χ0v) is 7.85. The van der Waals surface area contributed by atoms with Crippen molar-refractivity contribution >= 4 is 23.2 Å². The Bertz CT molecular complexity index is 176. The molecule has 0 aliphatic heterocycles. The van der Waals surface area contributed by atoms with Crippen LogP contribution >= 0.6 is 23.2 Å². The molecule has 0 N–H and O–H groups in total. The van der Waals surface area contributed by atoms with Crippen LogP contribution in [0.1, 0.15) is 12.8 Å². The van der Waals surface area contributed by atoms with Crippen LogP contribution in [0.15, 0.2) is 12.2 Å². The summed E-state index contributed by atoms with van der Waals surface area (Å²) in [5.74, 6) is 2.81. The molecule has 4 atom stereocenters. The molecule has 2 heteroatoms. The van der Waals surface area contributed by atoms with Crippen molar-refractivity contribution in [2.45, 2.75) is 18.2 Å². The largest absolute Gasteiger partial charge is 0.125 e. The quantitative estimate of drug-likeness (QED) is 0.464. The molecule has 0 radical (unpaired) electrons. The van der Waals surface area contributed by atoms with E-state index in [1.54, 1.807) is 0 Å². The topological polar surface area (TPSA) is 0 Å². The molecule has 0 aromatic heterocycles. The molecule has 1 saturated carbocycles. The summed E-state index contributed by atoms with van der Waals surface area (Å²) in [6, 6.07) is 0. The van der Waals surface area contributed by atoms with Gasteiger partial charge in [-0.15, -0.1) is 23.2 Å². The van der Waals surface area contributed by atoms with Crippen LogP contribution in [0.5, 0.6) is 0 Å². The van der Waals surface area contributed by atoms with E-state index < -0.39 is 0 Å². The lowest BCUT2D eigenvalue weighted by Gasteiger charge is -2.21. The summed E-state index contributed by atoms with van der Waals surface area (Å²) >= 11 is 11.8. The fourth-order valence-corrected chi connectivity index (χ4v) is 2.87. The van der Waals surface area contributed by atoms with Gasteiger partial charge in [0.1, 0.15) is 0 Å². The molecule has 0 unspecified atom stereocenters. The van der Waals surface area contributed by atoms with Gasteiger partial charge in [-0.25, -0.2) is 0 Å². The maximum atomic E-state index is 6.10. The molecule has 0 spiro atoms. The van der Waals surface area contributed by atoms with Gasteiger partial charge in [0.15, 0.2) is 0 Å². The number of hydrogen-bond donors (Lipinski definition) is 0. The molecule has 0 aromatic carbocycles. The summed E-state index contributed by atoms with van der Waals surface area (Å²) in [4.78, 5) is 0. The van der Waals surface area contributed by atoms with E-state index in [1.165, 1.54) is 12.8 Å².